The second-order valence-corrected chi connectivity index (χ2v) is 4.72. The Kier molecular flexibility index (Phi) is 3.50. The monoisotopic (exact) mass is 291 g/mol. The van der Waals surface area contributed by atoms with Gasteiger partial charge in [0.25, 0.3) is 5.56 Å². The lowest BCUT2D eigenvalue weighted by Crippen LogP contribution is -2.05. The molecule has 1 aromatic heterocycles. The number of H-pyrrole nitrogens is 1. The van der Waals surface area contributed by atoms with Crippen molar-refractivity contribution in [3.63, 3.8) is 0 Å². The van der Waals surface area contributed by atoms with E-state index in [1.807, 2.05) is 30.3 Å². The number of hydrogen-bond acceptors (Lipinski definition) is 3. The van der Waals surface area contributed by atoms with Crippen molar-refractivity contribution in [3.8, 4) is 28.3 Å². The topological polar surface area (TPSA) is 69.5 Å². The minimum absolute atomic E-state index is 0.265. The third kappa shape index (κ3) is 2.63. The van der Waals surface area contributed by atoms with Gasteiger partial charge in [-0.1, -0.05) is 24.3 Å². The predicted molar refractivity (Wildman–Crippen MR) is 80.4 cm³/mol. The average molecular weight is 291 g/mol. The van der Waals surface area contributed by atoms with Crippen molar-refractivity contribution < 1.29 is 4.39 Å². The van der Waals surface area contributed by atoms with Crippen LogP contribution in [0, 0.1) is 17.1 Å². The van der Waals surface area contributed by atoms with Crippen molar-refractivity contribution in [3.05, 3.63) is 76.5 Å². The van der Waals surface area contributed by atoms with Crippen LogP contribution in [0.5, 0.6) is 0 Å². The molecule has 0 fully saturated rings. The van der Waals surface area contributed by atoms with E-state index >= 15 is 0 Å². The van der Waals surface area contributed by atoms with Crippen LogP contribution in [0.2, 0.25) is 0 Å². The molecular weight excluding hydrogens is 281 g/mol. The SMILES string of the molecule is N#Cc1cc(F)ccc1-c1cccc(-c2cn[nH]c(=O)c2)c1. The Balaban J connectivity index is 2.13. The second kappa shape index (κ2) is 5.62. The van der Waals surface area contributed by atoms with Gasteiger partial charge in [-0.05, 0) is 34.9 Å². The summed E-state index contributed by atoms with van der Waals surface area (Å²) in [6.07, 6.45) is 1.55. The van der Waals surface area contributed by atoms with Gasteiger partial charge in [-0.2, -0.15) is 10.4 Å². The van der Waals surface area contributed by atoms with Crippen LogP contribution in [0.25, 0.3) is 22.3 Å². The van der Waals surface area contributed by atoms with Gasteiger partial charge < -0.3 is 0 Å². The molecule has 106 valence electrons. The summed E-state index contributed by atoms with van der Waals surface area (Å²) < 4.78 is 13.2. The highest BCUT2D eigenvalue weighted by Crippen LogP contribution is 2.28. The molecule has 4 nitrogen and oxygen atoms in total. The number of halogens is 1. The number of benzene rings is 2. The van der Waals surface area contributed by atoms with Crippen molar-refractivity contribution >= 4 is 0 Å². The third-order valence-corrected chi connectivity index (χ3v) is 3.27. The molecule has 1 N–H and O–H groups in total. The van der Waals surface area contributed by atoms with E-state index in [-0.39, 0.29) is 11.1 Å². The quantitative estimate of drug-likeness (QED) is 0.788. The summed E-state index contributed by atoms with van der Waals surface area (Å²) >= 11 is 0. The number of nitrogens with zero attached hydrogens (tertiary/aromatic N) is 2. The molecule has 22 heavy (non-hydrogen) atoms. The lowest BCUT2D eigenvalue weighted by molar-refractivity contribution is 0.627. The highest BCUT2D eigenvalue weighted by molar-refractivity contribution is 5.76. The fourth-order valence-electron chi connectivity index (χ4n) is 2.26. The highest BCUT2D eigenvalue weighted by atomic mass is 19.1. The fourth-order valence-corrected chi connectivity index (χ4v) is 2.26. The normalized spacial score (nSPS) is 10.2. The fraction of sp³-hybridized carbons (Fsp3) is 0. The third-order valence-electron chi connectivity index (χ3n) is 3.27. The highest BCUT2D eigenvalue weighted by Gasteiger charge is 2.08. The van der Waals surface area contributed by atoms with E-state index in [4.69, 9.17) is 5.26 Å². The molecule has 0 aliphatic carbocycles. The molecular formula is C17H10FN3O. The van der Waals surface area contributed by atoms with Crippen LogP contribution in [0.15, 0.2) is 59.5 Å². The molecule has 0 amide bonds. The number of rotatable bonds is 2. The molecule has 2 aromatic carbocycles. The average Bonchev–Trinajstić information content (AvgIpc) is 2.55. The first-order chi connectivity index (χ1) is 10.7. The number of nitrogens with one attached hydrogen (secondary N) is 1. The molecule has 0 spiro atoms. The van der Waals surface area contributed by atoms with Gasteiger partial charge in [0.2, 0.25) is 0 Å². The maximum Gasteiger partial charge on any atom is 0.264 e. The Morgan fingerprint density at radius 3 is 2.64 bits per heavy atom. The lowest BCUT2D eigenvalue weighted by Gasteiger charge is -2.07. The summed E-state index contributed by atoms with van der Waals surface area (Å²) in [5, 5.41) is 15.2. The van der Waals surface area contributed by atoms with Crippen LogP contribution in [-0.2, 0) is 0 Å². The van der Waals surface area contributed by atoms with E-state index < -0.39 is 5.82 Å². The summed E-state index contributed by atoms with van der Waals surface area (Å²) in [6.45, 7) is 0. The van der Waals surface area contributed by atoms with Crippen LogP contribution < -0.4 is 5.56 Å². The first kappa shape index (κ1) is 13.7. The molecule has 0 saturated heterocycles. The van der Waals surface area contributed by atoms with Gasteiger partial charge in [-0.3, -0.25) is 4.79 Å². The zero-order valence-corrected chi connectivity index (χ0v) is 11.4. The molecule has 3 rings (SSSR count). The minimum Gasteiger partial charge on any atom is -0.268 e. The predicted octanol–water partition coefficient (Wildman–Crippen LogP) is 3.11. The molecule has 0 aliphatic rings. The molecule has 0 aliphatic heterocycles. The Labute approximate surface area is 125 Å². The van der Waals surface area contributed by atoms with Crippen molar-refractivity contribution in [2.24, 2.45) is 0 Å². The Bertz CT molecular complexity index is 941. The van der Waals surface area contributed by atoms with Crippen molar-refractivity contribution in [1.29, 1.82) is 5.26 Å². The molecule has 0 unspecified atom stereocenters. The molecule has 0 atom stereocenters. The second-order valence-electron chi connectivity index (χ2n) is 4.72. The maximum absolute atomic E-state index is 13.2. The number of hydrogen-bond donors (Lipinski definition) is 1. The summed E-state index contributed by atoms with van der Waals surface area (Å²) in [5.74, 6) is -0.449. The van der Waals surface area contributed by atoms with Gasteiger partial charge >= 0.3 is 0 Å². The van der Waals surface area contributed by atoms with E-state index in [0.717, 1.165) is 11.1 Å². The Morgan fingerprint density at radius 1 is 1.05 bits per heavy atom. The first-order valence-corrected chi connectivity index (χ1v) is 6.52. The molecule has 3 aromatic rings. The Hall–Kier alpha value is -3.26. The summed E-state index contributed by atoms with van der Waals surface area (Å²) in [6, 6.07) is 14.9. The lowest BCUT2D eigenvalue weighted by atomic mass is 9.97. The van der Waals surface area contributed by atoms with Gasteiger partial charge in [0.1, 0.15) is 5.82 Å². The van der Waals surface area contributed by atoms with Crippen molar-refractivity contribution in [2.45, 2.75) is 0 Å². The summed E-state index contributed by atoms with van der Waals surface area (Å²) in [5.41, 5.74) is 2.86. The van der Waals surface area contributed by atoms with Crippen LogP contribution in [-0.4, -0.2) is 10.2 Å². The van der Waals surface area contributed by atoms with E-state index in [0.29, 0.717) is 11.1 Å². The van der Waals surface area contributed by atoms with Crippen LogP contribution in [0.1, 0.15) is 5.56 Å². The zero-order chi connectivity index (χ0) is 15.5. The molecule has 0 bridgehead atoms. The maximum atomic E-state index is 13.2. The largest absolute Gasteiger partial charge is 0.268 e. The van der Waals surface area contributed by atoms with Gasteiger partial charge in [-0.25, -0.2) is 9.49 Å². The number of aromatic amines is 1. The van der Waals surface area contributed by atoms with Gasteiger partial charge in [-0.15, -0.1) is 0 Å². The van der Waals surface area contributed by atoms with Crippen LogP contribution in [0.3, 0.4) is 0 Å². The van der Waals surface area contributed by atoms with E-state index in [1.54, 1.807) is 12.3 Å². The Morgan fingerprint density at radius 2 is 1.86 bits per heavy atom. The van der Waals surface area contributed by atoms with E-state index in [2.05, 4.69) is 10.2 Å². The molecule has 1 heterocycles. The minimum atomic E-state index is -0.449. The van der Waals surface area contributed by atoms with Crippen LogP contribution in [0.4, 0.5) is 4.39 Å². The van der Waals surface area contributed by atoms with Crippen molar-refractivity contribution in [2.75, 3.05) is 0 Å². The van der Waals surface area contributed by atoms with E-state index in [1.165, 1.54) is 18.2 Å². The zero-order valence-electron chi connectivity index (χ0n) is 11.4. The summed E-state index contributed by atoms with van der Waals surface area (Å²) in [4.78, 5) is 11.4. The molecule has 0 saturated carbocycles. The standard InChI is InChI=1S/C17H10FN3O/c18-15-4-5-16(13(7-15)9-19)12-3-1-2-11(6-12)14-8-17(22)21-20-10-14/h1-8,10H,(H,21,22). The number of nitriles is 1. The van der Waals surface area contributed by atoms with Gasteiger partial charge in [0.05, 0.1) is 17.8 Å². The van der Waals surface area contributed by atoms with Gasteiger partial charge in [0.15, 0.2) is 0 Å². The smallest absolute Gasteiger partial charge is 0.264 e. The number of aromatic nitrogens is 2. The first-order valence-electron chi connectivity index (χ1n) is 6.52. The van der Waals surface area contributed by atoms with E-state index in [9.17, 15) is 9.18 Å². The summed E-state index contributed by atoms with van der Waals surface area (Å²) in [7, 11) is 0. The van der Waals surface area contributed by atoms with Crippen molar-refractivity contribution in [1.82, 2.24) is 10.2 Å². The molecule has 0 radical (unpaired) electrons. The van der Waals surface area contributed by atoms with Crippen LogP contribution >= 0.6 is 0 Å². The molecule has 5 heteroatoms. The van der Waals surface area contributed by atoms with Gasteiger partial charge in [0, 0.05) is 11.6 Å².